The highest BCUT2D eigenvalue weighted by Crippen LogP contribution is 2.09. The molecule has 0 amide bonds. The molecule has 0 spiro atoms. The first-order valence-corrected chi connectivity index (χ1v) is 7.16. The van der Waals surface area contributed by atoms with Crippen molar-refractivity contribution >= 4 is 23.0 Å². The molecule has 0 saturated carbocycles. The van der Waals surface area contributed by atoms with Gasteiger partial charge in [-0.05, 0) is 56.2 Å². The minimum atomic E-state index is 0.660. The molecule has 2 rings (SSSR count). The molecule has 0 unspecified atom stereocenters. The van der Waals surface area contributed by atoms with E-state index in [0.717, 1.165) is 25.2 Å². The van der Waals surface area contributed by atoms with Crippen LogP contribution in [-0.4, -0.2) is 21.4 Å². The van der Waals surface area contributed by atoms with Gasteiger partial charge in [0.25, 0.3) is 0 Å². The third kappa shape index (κ3) is 4.35. The summed E-state index contributed by atoms with van der Waals surface area (Å²) in [4.78, 5) is 0. The van der Waals surface area contributed by atoms with Crippen LogP contribution in [0.4, 0.5) is 5.69 Å². The first-order valence-electron chi connectivity index (χ1n) is 6.75. The number of benzene rings is 1. The van der Waals surface area contributed by atoms with Gasteiger partial charge >= 0.3 is 0 Å². The van der Waals surface area contributed by atoms with E-state index >= 15 is 0 Å². The van der Waals surface area contributed by atoms with Gasteiger partial charge in [0.1, 0.15) is 0 Å². The summed E-state index contributed by atoms with van der Waals surface area (Å²) < 4.78 is 2.00. The van der Waals surface area contributed by atoms with Crippen molar-refractivity contribution in [1.29, 1.82) is 0 Å². The number of nitrogens with one attached hydrogen (secondary N) is 2. The van der Waals surface area contributed by atoms with Crippen LogP contribution in [-0.2, 0) is 6.54 Å². The molecular weight excluding hydrogens is 268 g/mol. The average molecular weight is 288 g/mol. The molecule has 5 heteroatoms. The average Bonchev–Trinajstić information content (AvgIpc) is 2.80. The molecule has 0 aliphatic rings. The summed E-state index contributed by atoms with van der Waals surface area (Å²) in [5, 5.41) is 11.3. The minimum Gasteiger partial charge on any atom is -0.362 e. The van der Waals surface area contributed by atoms with E-state index in [2.05, 4.69) is 41.7 Å². The third-order valence-corrected chi connectivity index (χ3v) is 3.28. The van der Waals surface area contributed by atoms with Crippen LogP contribution in [0.1, 0.15) is 17.7 Å². The lowest BCUT2D eigenvalue weighted by atomic mass is 10.2. The normalized spacial score (nSPS) is 10.3. The number of hydrogen-bond acceptors (Lipinski definition) is 2. The van der Waals surface area contributed by atoms with E-state index in [1.165, 1.54) is 11.3 Å². The summed E-state index contributed by atoms with van der Waals surface area (Å²) in [5.74, 6) is 0. The Kier molecular flexibility index (Phi) is 5.12. The maximum absolute atomic E-state index is 5.27. The maximum Gasteiger partial charge on any atom is 0.170 e. The third-order valence-electron chi connectivity index (χ3n) is 3.04. The first kappa shape index (κ1) is 14.5. The van der Waals surface area contributed by atoms with Crippen molar-refractivity contribution in [2.24, 2.45) is 0 Å². The molecule has 106 valence electrons. The predicted octanol–water partition coefficient (Wildman–Crippen LogP) is 2.88. The van der Waals surface area contributed by atoms with Crippen molar-refractivity contribution in [2.75, 3.05) is 11.9 Å². The highest BCUT2D eigenvalue weighted by atomic mass is 32.1. The van der Waals surface area contributed by atoms with Gasteiger partial charge in [0.2, 0.25) is 0 Å². The molecule has 0 atom stereocenters. The smallest absolute Gasteiger partial charge is 0.170 e. The van der Waals surface area contributed by atoms with Gasteiger partial charge in [0, 0.05) is 30.7 Å². The quantitative estimate of drug-likeness (QED) is 0.656. The minimum absolute atomic E-state index is 0.660. The van der Waals surface area contributed by atoms with Gasteiger partial charge in [0.05, 0.1) is 0 Å². The van der Waals surface area contributed by atoms with Crippen molar-refractivity contribution in [3.05, 3.63) is 47.8 Å². The molecule has 1 aromatic carbocycles. The molecule has 1 aromatic heterocycles. The van der Waals surface area contributed by atoms with E-state index in [0.29, 0.717) is 5.11 Å². The lowest BCUT2D eigenvalue weighted by Gasteiger charge is -2.11. The highest BCUT2D eigenvalue weighted by molar-refractivity contribution is 7.80. The number of hydrogen-bond donors (Lipinski definition) is 2. The SMILES string of the molecule is Cc1cccc(NC(=S)NCCCn2nccc2C)c1. The second kappa shape index (κ2) is 7.05. The molecule has 0 radical (unpaired) electrons. The fourth-order valence-corrected chi connectivity index (χ4v) is 2.18. The van der Waals surface area contributed by atoms with Crippen LogP contribution in [0, 0.1) is 13.8 Å². The number of nitrogens with zero attached hydrogens (tertiary/aromatic N) is 2. The summed E-state index contributed by atoms with van der Waals surface area (Å²) in [6, 6.07) is 10.2. The second-order valence-electron chi connectivity index (χ2n) is 4.80. The summed E-state index contributed by atoms with van der Waals surface area (Å²) in [5.41, 5.74) is 3.42. The number of anilines is 1. The lowest BCUT2D eigenvalue weighted by Crippen LogP contribution is -2.29. The number of rotatable bonds is 5. The molecule has 20 heavy (non-hydrogen) atoms. The molecule has 0 fully saturated rings. The van der Waals surface area contributed by atoms with E-state index in [4.69, 9.17) is 12.2 Å². The standard InChI is InChI=1S/C15H20N4S/c1-12-5-3-6-14(11-12)18-15(20)16-8-4-10-19-13(2)7-9-17-19/h3,5-7,9,11H,4,8,10H2,1-2H3,(H2,16,18,20). The van der Waals surface area contributed by atoms with Crippen LogP contribution >= 0.6 is 12.2 Å². The Morgan fingerprint density at radius 3 is 2.85 bits per heavy atom. The molecule has 1 heterocycles. The zero-order chi connectivity index (χ0) is 14.4. The van der Waals surface area contributed by atoms with Gasteiger partial charge < -0.3 is 10.6 Å². The van der Waals surface area contributed by atoms with Crippen molar-refractivity contribution in [1.82, 2.24) is 15.1 Å². The Morgan fingerprint density at radius 2 is 2.15 bits per heavy atom. The van der Waals surface area contributed by atoms with Crippen molar-refractivity contribution in [3.8, 4) is 0 Å². The largest absolute Gasteiger partial charge is 0.362 e. The molecule has 0 aliphatic carbocycles. The van der Waals surface area contributed by atoms with Crippen LogP contribution in [0.15, 0.2) is 36.5 Å². The van der Waals surface area contributed by atoms with E-state index in [9.17, 15) is 0 Å². The van der Waals surface area contributed by atoms with Gasteiger partial charge in [-0.15, -0.1) is 0 Å². The number of aromatic nitrogens is 2. The lowest BCUT2D eigenvalue weighted by molar-refractivity contribution is 0.561. The predicted molar refractivity (Wildman–Crippen MR) is 87.0 cm³/mol. The molecule has 0 aliphatic heterocycles. The van der Waals surface area contributed by atoms with Gasteiger partial charge in [-0.1, -0.05) is 12.1 Å². The molecule has 2 N–H and O–H groups in total. The molecule has 0 saturated heterocycles. The highest BCUT2D eigenvalue weighted by Gasteiger charge is 1.99. The van der Waals surface area contributed by atoms with Gasteiger partial charge in [-0.2, -0.15) is 5.10 Å². The first-order chi connectivity index (χ1) is 9.65. The van der Waals surface area contributed by atoms with Crippen molar-refractivity contribution in [3.63, 3.8) is 0 Å². The topological polar surface area (TPSA) is 41.9 Å². The van der Waals surface area contributed by atoms with Crippen molar-refractivity contribution < 1.29 is 0 Å². The number of aryl methyl sites for hydroxylation is 3. The zero-order valence-electron chi connectivity index (χ0n) is 11.9. The molecule has 2 aromatic rings. The summed E-state index contributed by atoms with van der Waals surface area (Å²) >= 11 is 5.27. The Hall–Kier alpha value is -1.88. The van der Waals surface area contributed by atoms with Crippen LogP contribution < -0.4 is 10.6 Å². The van der Waals surface area contributed by atoms with E-state index in [1.807, 2.05) is 29.1 Å². The monoisotopic (exact) mass is 288 g/mol. The van der Waals surface area contributed by atoms with E-state index < -0.39 is 0 Å². The second-order valence-corrected chi connectivity index (χ2v) is 5.21. The van der Waals surface area contributed by atoms with Crippen LogP contribution in [0.3, 0.4) is 0 Å². The fourth-order valence-electron chi connectivity index (χ4n) is 1.96. The van der Waals surface area contributed by atoms with Gasteiger partial charge in [-0.3, -0.25) is 4.68 Å². The number of thiocarbonyl (C=S) groups is 1. The summed E-state index contributed by atoms with van der Waals surface area (Å²) in [6.07, 6.45) is 2.81. The maximum atomic E-state index is 5.27. The van der Waals surface area contributed by atoms with E-state index in [-0.39, 0.29) is 0 Å². The fraction of sp³-hybridized carbons (Fsp3) is 0.333. The van der Waals surface area contributed by atoms with Crippen molar-refractivity contribution in [2.45, 2.75) is 26.8 Å². The van der Waals surface area contributed by atoms with Crippen LogP contribution in [0.5, 0.6) is 0 Å². The Bertz CT molecular complexity index is 577. The molecular formula is C15H20N4S. The van der Waals surface area contributed by atoms with Gasteiger partial charge in [-0.25, -0.2) is 0 Å². The summed E-state index contributed by atoms with van der Waals surface area (Å²) in [6.45, 7) is 5.86. The van der Waals surface area contributed by atoms with E-state index in [1.54, 1.807) is 0 Å². The van der Waals surface area contributed by atoms with Crippen LogP contribution in [0.2, 0.25) is 0 Å². The van der Waals surface area contributed by atoms with Gasteiger partial charge in [0.15, 0.2) is 5.11 Å². The Morgan fingerprint density at radius 1 is 1.30 bits per heavy atom. The Labute approximate surface area is 125 Å². The molecule has 4 nitrogen and oxygen atoms in total. The zero-order valence-corrected chi connectivity index (χ0v) is 12.7. The van der Waals surface area contributed by atoms with Crippen LogP contribution in [0.25, 0.3) is 0 Å². The summed E-state index contributed by atoms with van der Waals surface area (Å²) in [7, 11) is 0. The Balaban J connectivity index is 1.69. The molecule has 0 bridgehead atoms.